The zero-order valence-electron chi connectivity index (χ0n) is 11.7. The Kier molecular flexibility index (Phi) is 3.83. The van der Waals surface area contributed by atoms with E-state index in [0.29, 0.717) is 16.2 Å². The first-order chi connectivity index (χ1) is 5.92. The van der Waals surface area contributed by atoms with Gasteiger partial charge in [0.05, 0.1) is 0 Å². The number of hydrogen-bond acceptors (Lipinski definition) is 1. The molecule has 0 aromatic heterocycles. The molecule has 0 saturated heterocycles. The SMILES string of the molecule is CN(C)CC(C)(C)C(C)(C)C(C)(C)C. The lowest BCUT2D eigenvalue weighted by Crippen LogP contribution is -2.47. The summed E-state index contributed by atoms with van der Waals surface area (Å²) in [4.78, 5) is 2.29. The van der Waals surface area contributed by atoms with E-state index in [1.165, 1.54) is 0 Å². The molecule has 0 saturated carbocycles. The van der Waals surface area contributed by atoms with Crippen LogP contribution in [-0.2, 0) is 0 Å². The van der Waals surface area contributed by atoms with Crippen molar-refractivity contribution in [3.8, 4) is 0 Å². The molecule has 0 atom stereocenters. The zero-order chi connectivity index (χ0) is 11.8. The van der Waals surface area contributed by atoms with Crippen LogP contribution < -0.4 is 0 Å². The second-order valence-corrected chi connectivity index (χ2v) is 7.00. The van der Waals surface area contributed by atoms with Gasteiger partial charge in [0, 0.05) is 6.54 Å². The molecule has 1 nitrogen and oxygen atoms in total. The standard InChI is InChI=1S/C13H29N/c1-11(2,3)13(6,7)12(4,5)10-14(8)9/h10H2,1-9H3. The van der Waals surface area contributed by atoms with Gasteiger partial charge in [0.1, 0.15) is 0 Å². The maximum atomic E-state index is 2.39. The number of hydrogen-bond donors (Lipinski definition) is 0. The van der Waals surface area contributed by atoms with Crippen molar-refractivity contribution in [1.29, 1.82) is 0 Å². The van der Waals surface area contributed by atoms with Crippen molar-refractivity contribution in [2.45, 2.75) is 48.5 Å². The molecule has 0 heterocycles. The Balaban J connectivity index is 4.88. The van der Waals surface area contributed by atoms with E-state index in [-0.39, 0.29) is 0 Å². The lowest BCUT2D eigenvalue weighted by atomic mass is 9.55. The van der Waals surface area contributed by atoms with Crippen molar-refractivity contribution in [3.05, 3.63) is 0 Å². The van der Waals surface area contributed by atoms with Gasteiger partial charge in [-0.05, 0) is 30.3 Å². The minimum atomic E-state index is 0.324. The van der Waals surface area contributed by atoms with Crippen molar-refractivity contribution >= 4 is 0 Å². The molecule has 0 aliphatic rings. The fourth-order valence-corrected chi connectivity index (χ4v) is 2.00. The van der Waals surface area contributed by atoms with Crippen LogP contribution in [0.2, 0.25) is 0 Å². The quantitative estimate of drug-likeness (QED) is 0.670. The fourth-order valence-electron chi connectivity index (χ4n) is 2.00. The predicted octanol–water partition coefficient (Wildman–Crippen LogP) is 3.65. The minimum absolute atomic E-state index is 0.324. The molecule has 86 valence electrons. The monoisotopic (exact) mass is 199 g/mol. The summed E-state index contributed by atoms with van der Waals surface area (Å²) in [5, 5.41) is 0. The maximum Gasteiger partial charge on any atom is 0.00319 e. The van der Waals surface area contributed by atoms with Gasteiger partial charge in [0.2, 0.25) is 0 Å². The van der Waals surface area contributed by atoms with E-state index >= 15 is 0 Å². The molecule has 14 heavy (non-hydrogen) atoms. The zero-order valence-corrected chi connectivity index (χ0v) is 11.7. The van der Waals surface area contributed by atoms with Gasteiger partial charge in [0.15, 0.2) is 0 Å². The molecular formula is C13H29N. The summed E-state index contributed by atoms with van der Waals surface area (Å²) in [6.07, 6.45) is 0. The summed E-state index contributed by atoms with van der Waals surface area (Å²) in [5.41, 5.74) is 0.992. The Hall–Kier alpha value is -0.0400. The summed E-state index contributed by atoms with van der Waals surface area (Å²) in [6, 6.07) is 0. The molecule has 0 spiro atoms. The van der Waals surface area contributed by atoms with Crippen LogP contribution in [0.4, 0.5) is 0 Å². The van der Waals surface area contributed by atoms with E-state index in [0.717, 1.165) is 6.54 Å². The molecule has 0 fully saturated rings. The third-order valence-corrected chi connectivity index (χ3v) is 4.28. The van der Waals surface area contributed by atoms with Gasteiger partial charge in [-0.15, -0.1) is 0 Å². The van der Waals surface area contributed by atoms with Crippen LogP contribution in [0.15, 0.2) is 0 Å². The van der Waals surface area contributed by atoms with Gasteiger partial charge < -0.3 is 4.90 Å². The summed E-state index contributed by atoms with van der Waals surface area (Å²) >= 11 is 0. The van der Waals surface area contributed by atoms with E-state index in [1.807, 2.05) is 0 Å². The highest BCUT2D eigenvalue weighted by Crippen LogP contribution is 2.51. The lowest BCUT2D eigenvalue weighted by Gasteiger charge is -2.51. The van der Waals surface area contributed by atoms with Crippen molar-refractivity contribution in [2.24, 2.45) is 16.2 Å². The molecule has 0 aliphatic carbocycles. The highest BCUT2D eigenvalue weighted by molar-refractivity contribution is 4.95. The first-order valence-electron chi connectivity index (χ1n) is 5.56. The molecule has 0 aliphatic heterocycles. The largest absolute Gasteiger partial charge is 0.309 e. The second-order valence-electron chi connectivity index (χ2n) is 7.00. The molecule has 0 radical (unpaired) electrons. The van der Waals surface area contributed by atoms with E-state index in [1.54, 1.807) is 0 Å². The summed E-state index contributed by atoms with van der Waals surface area (Å²) in [7, 11) is 4.31. The second kappa shape index (κ2) is 3.84. The summed E-state index contributed by atoms with van der Waals surface area (Å²) < 4.78 is 0. The third kappa shape index (κ3) is 2.73. The fraction of sp³-hybridized carbons (Fsp3) is 1.00. The van der Waals surface area contributed by atoms with Crippen molar-refractivity contribution < 1.29 is 0 Å². The van der Waals surface area contributed by atoms with E-state index in [2.05, 4.69) is 67.5 Å². The summed E-state index contributed by atoms with van der Waals surface area (Å²) in [6.45, 7) is 17.7. The van der Waals surface area contributed by atoms with Crippen LogP contribution in [0.1, 0.15) is 48.5 Å². The molecule has 0 bridgehead atoms. The normalized spacial score (nSPS) is 15.0. The third-order valence-electron chi connectivity index (χ3n) is 4.28. The van der Waals surface area contributed by atoms with Crippen LogP contribution in [0.25, 0.3) is 0 Å². The average Bonchev–Trinajstić information content (AvgIpc) is 1.80. The molecule has 0 aromatic carbocycles. The Bertz CT molecular complexity index is 182. The average molecular weight is 199 g/mol. The van der Waals surface area contributed by atoms with E-state index in [9.17, 15) is 0 Å². The molecule has 0 unspecified atom stereocenters. The lowest BCUT2D eigenvalue weighted by molar-refractivity contribution is -0.0223. The smallest absolute Gasteiger partial charge is 0.00319 e. The van der Waals surface area contributed by atoms with Crippen molar-refractivity contribution in [3.63, 3.8) is 0 Å². The van der Waals surface area contributed by atoms with E-state index in [4.69, 9.17) is 0 Å². The van der Waals surface area contributed by atoms with Gasteiger partial charge in [-0.25, -0.2) is 0 Å². The molecular weight excluding hydrogens is 170 g/mol. The van der Waals surface area contributed by atoms with Crippen LogP contribution in [0.5, 0.6) is 0 Å². The van der Waals surface area contributed by atoms with Crippen LogP contribution in [-0.4, -0.2) is 25.5 Å². The van der Waals surface area contributed by atoms with Crippen LogP contribution in [0, 0.1) is 16.2 Å². The Morgan fingerprint density at radius 1 is 0.786 bits per heavy atom. The number of rotatable bonds is 3. The molecule has 0 rings (SSSR count). The van der Waals surface area contributed by atoms with Crippen LogP contribution >= 0.6 is 0 Å². The van der Waals surface area contributed by atoms with Gasteiger partial charge >= 0.3 is 0 Å². The molecule has 0 N–H and O–H groups in total. The topological polar surface area (TPSA) is 3.24 Å². The maximum absolute atomic E-state index is 2.39. The predicted molar refractivity (Wildman–Crippen MR) is 65.6 cm³/mol. The highest BCUT2D eigenvalue weighted by Gasteiger charge is 2.45. The van der Waals surface area contributed by atoms with Crippen molar-refractivity contribution in [1.82, 2.24) is 4.90 Å². The van der Waals surface area contributed by atoms with E-state index < -0.39 is 0 Å². The Morgan fingerprint density at radius 3 is 1.36 bits per heavy atom. The first-order valence-corrected chi connectivity index (χ1v) is 5.56. The van der Waals surface area contributed by atoms with Crippen LogP contribution in [0.3, 0.4) is 0 Å². The van der Waals surface area contributed by atoms with Gasteiger partial charge in [-0.3, -0.25) is 0 Å². The number of nitrogens with zero attached hydrogens (tertiary/aromatic N) is 1. The molecule has 0 amide bonds. The first kappa shape index (κ1) is 14.0. The van der Waals surface area contributed by atoms with Gasteiger partial charge in [-0.1, -0.05) is 48.5 Å². The summed E-state index contributed by atoms with van der Waals surface area (Å²) in [5.74, 6) is 0. The van der Waals surface area contributed by atoms with Gasteiger partial charge in [-0.2, -0.15) is 0 Å². The highest BCUT2D eigenvalue weighted by atomic mass is 15.1. The Morgan fingerprint density at radius 2 is 1.14 bits per heavy atom. The van der Waals surface area contributed by atoms with Gasteiger partial charge in [0.25, 0.3) is 0 Å². The van der Waals surface area contributed by atoms with Crippen molar-refractivity contribution in [2.75, 3.05) is 20.6 Å². The Labute approximate surface area is 90.9 Å². The molecule has 0 aromatic rings. The molecule has 1 heteroatoms. The minimum Gasteiger partial charge on any atom is -0.309 e.